The molecule has 1 heterocycles. The van der Waals surface area contributed by atoms with Gasteiger partial charge in [0.1, 0.15) is 0 Å². The van der Waals surface area contributed by atoms with Gasteiger partial charge in [0.05, 0.1) is 6.54 Å². The van der Waals surface area contributed by atoms with Crippen LogP contribution in [0.5, 0.6) is 0 Å². The number of amides is 1. The largest absolute Gasteiger partial charge is 0.349 e. The molecule has 114 valence electrons. The summed E-state index contributed by atoms with van der Waals surface area (Å²) in [6.07, 6.45) is 10.6. The Kier molecular flexibility index (Phi) is 5.93. The van der Waals surface area contributed by atoms with E-state index in [0.29, 0.717) is 6.54 Å². The van der Waals surface area contributed by atoms with Crippen LogP contribution in [0.4, 0.5) is 0 Å². The summed E-state index contributed by atoms with van der Waals surface area (Å²) in [6.45, 7) is 3.25. The first-order valence-corrected chi connectivity index (χ1v) is 7.71. The van der Waals surface area contributed by atoms with Gasteiger partial charge >= 0.3 is 0 Å². The van der Waals surface area contributed by atoms with Crippen molar-refractivity contribution in [3.8, 4) is 0 Å². The van der Waals surface area contributed by atoms with E-state index >= 15 is 0 Å². The fourth-order valence-corrected chi connectivity index (χ4v) is 2.74. The Morgan fingerprint density at radius 3 is 2.81 bits per heavy atom. The Labute approximate surface area is 127 Å². The number of pyridine rings is 1. The summed E-state index contributed by atoms with van der Waals surface area (Å²) < 4.78 is 0. The molecule has 1 atom stereocenters. The molecule has 0 radical (unpaired) electrons. The van der Waals surface area contributed by atoms with Crippen molar-refractivity contribution in [3.05, 3.63) is 41.7 Å². The monoisotopic (exact) mass is 287 g/mol. The molecule has 1 N–H and O–H groups in total. The molecule has 0 bridgehead atoms. The zero-order valence-corrected chi connectivity index (χ0v) is 13.0. The highest BCUT2D eigenvalue weighted by atomic mass is 16.2. The Hall–Kier alpha value is -1.68. The Balaban J connectivity index is 1.77. The van der Waals surface area contributed by atoms with Crippen LogP contribution in [0.15, 0.2) is 36.2 Å². The van der Waals surface area contributed by atoms with Gasteiger partial charge in [-0.1, -0.05) is 11.6 Å². The van der Waals surface area contributed by atoms with Crippen LogP contribution in [0.1, 0.15) is 38.2 Å². The fourth-order valence-electron chi connectivity index (χ4n) is 2.74. The summed E-state index contributed by atoms with van der Waals surface area (Å²) in [5.41, 5.74) is 2.55. The second kappa shape index (κ2) is 7.93. The standard InChI is InChI=1S/C17H25N3O/c1-14(16-6-4-3-5-7-16)19-17(21)13-20(2)12-15-8-10-18-11-9-15/h6,8-11,14H,3-5,7,12-13H2,1-2H3,(H,19,21). The number of allylic oxidation sites excluding steroid dienone is 1. The molecular weight excluding hydrogens is 262 g/mol. The lowest BCUT2D eigenvalue weighted by atomic mass is 9.95. The topological polar surface area (TPSA) is 45.2 Å². The normalized spacial score (nSPS) is 16.4. The summed E-state index contributed by atoms with van der Waals surface area (Å²) in [5.74, 6) is 0.0885. The van der Waals surface area contributed by atoms with Gasteiger partial charge in [0.25, 0.3) is 0 Å². The number of nitrogens with one attached hydrogen (secondary N) is 1. The summed E-state index contributed by atoms with van der Waals surface area (Å²) in [5, 5.41) is 3.11. The van der Waals surface area contributed by atoms with Gasteiger partial charge in [0.2, 0.25) is 5.91 Å². The SMILES string of the molecule is CC(NC(=O)CN(C)Cc1ccncc1)C1=CCCCC1. The maximum atomic E-state index is 12.1. The molecule has 0 saturated carbocycles. The molecule has 21 heavy (non-hydrogen) atoms. The number of carbonyl (C=O) groups excluding carboxylic acids is 1. The number of hydrogen-bond donors (Lipinski definition) is 1. The molecule has 1 unspecified atom stereocenters. The van der Waals surface area contributed by atoms with Gasteiger partial charge < -0.3 is 5.32 Å². The van der Waals surface area contributed by atoms with E-state index in [2.05, 4.69) is 23.3 Å². The van der Waals surface area contributed by atoms with Crippen LogP contribution in [0.3, 0.4) is 0 Å². The molecule has 1 amide bonds. The predicted molar refractivity (Wildman–Crippen MR) is 84.7 cm³/mol. The van der Waals surface area contributed by atoms with Gasteiger partial charge in [-0.3, -0.25) is 14.7 Å². The quantitative estimate of drug-likeness (QED) is 0.818. The molecule has 0 spiro atoms. The Morgan fingerprint density at radius 2 is 2.14 bits per heavy atom. The van der Waals surface area contributed by atoms with Crippen molar-refractivity contribution >= 4 is 5.91 Å². The maximum absolute atomic E-state index is 12.1. The second-order valence-corrected chi connectivity index (χ2v) is 5.84. The van der Waals surface area contributed by atoms with E-state index in [1.807, 2.05) is 24.1 Å². The molecule has 4 heteroatoms. The van der Waals surface area contributed by atoms with Gasteiger partial charge in [0.15, 0.2) is 0 Å². The van der Waals surface area contributed by atoms with E-state index in [-0.39, 0.29) is 11.9 Å². The van der Waals surface area contributed by atoms with Crippen LogP contribution >= 0.6 is 0 Å². The van der Waals surface area contributed by atoms with E-state index in [1.54, 1.807) is 12.4 Å². The van der Waals surface area contributed by atoms with Crippen molar-refractivity contribution in [3.63, 3.8) is 0 Å². The van der Waals surface area contributed by atoms with E-state index in [0.717, 1.165) is 19.4 Å². The highest BCUT2D eigenvalue weighted by Crippen LogP contribution is 2.19. The molecule has 0 aromatic carbocycles. The third-order valence-corrected chi connectivity index (χ3v) is 3.88. The van der Waals surface area contributed by atoms with Gasteiger partial charge in [-0.05, 0) is 57.4 Å². The molecule has 0 saturated heterocycles. The highest BCUT2D eigenvalue weighted by molar-refractivity contribution is 5.78. The van der Waals surface area contributed by atoms with Crippen molar-refractivity contribution in [1.29, 1.82) is 0 Å². The molecule has 0 aliphatic heterocycles. The van der Waals surface area contributed by atoms with Gasteiger partial charge in [-0.25, -0.2) is 0 Å². The maximum Gasteiger partial charge on any atom is 0.234 e. The van der Waals surface area contributed by atoms with E-state index in [9.17, 15) is 4.79 Å². The first-order chi connectivity index (χ1) is 10.1. The van der Waals surface area contributed by atoms with Crippen LogP contribution in [0, 0.1) is 0 Å². The zero-order chi connectivity index (χ0) is 15.1. The van der Waals surface area contributed by atoms with Crippen LogP contribution in [0.25, 0.3) is 0 Å². The van der Waals surface area contributed by atoms with Crippen LogP contribution in [0.2, 0.25) is 0 Å². The minimum atomic E-state index is 0.0885. The Morgan fingerprint density at radius 1 is 1.38 bits per heavy atom. The number of nitrogens with zero attached hydrogens (tertiary/aromatic N) is 2. The van der Waals surface area contributed by atoms with Gasteiger partial charge in [-0.2, -0.15) is 0 Å². The van der Waals surface area contributed by atoms with E-state index in [4.69, 9.17) is 0 Å². The Bertz CT molecular complexity index is 484. The van der Waals surface area contributed by atoms with Gasteiger partial charge in [-0.15, -0.1) is 0 Å². The number of hydrogen-bond acceptors (Lipinski definition) is 3. The van der Waals surface area contributed by atoms with Crippen molar-refractivity contribution in [2.24, 2.45) is 0 Å². The lowest BCUT2D eigenvalue weighted by Crippen LogP contribution is -2.40. The summed E-state index contributed by atoms with van der Waals surface area (Å²) in [7, 11) is 1.96. The molecule has 1 aliphatic rings. The third kappa shape index (κ3) is 5.31. The first-order valence-electron chi connectivity index (χ1n) is 7.71. The highest BCUT2D eigenvalue weighted by Gasteiger charge is 2.15. The molecule has 1 aliphatic carbocycles. The molecule has 1 aromatic rings. The summed E-state index contributed by atoms with van der Waals surface area (Å²) in [4.78, 5) is 18.1. The zero-order valence-electron chi connectivity index (χ0n) is 13.0. The molecule has 1 aromatic heterocycles. The lowest BCUT2D eigenvalue weighted by Gasteiger charge is -2.22. The number of carbonyl (C=O) groups is 1. The molecule has 4 nitrogen and oxygen atoms in total. The average Bonchev–Trinajstić information content (AvgIpc) is 2.48. The molecule has 0 fully saturated rings. The minimum absolute atomic E-state index is 0.0885. The van der Waals surface area contributed by atoms with E-state index in [1.165, 1.54) is 24.0 Å². The number of likely N-dealkylation sites (N-methyl/N-ethyl adjacent to an activating group) is 1. The first kappa shape index (κ1) is 15.7. The van der Waals surface area contributed by atoms with Crippen molar-refractivity contribution in [2.75, 3.05) is 13.6 Å². The number of aromatic nitrogens is 1. The predicted octanol–water partition coefficient (Wildman–Crippen LogP) is 2.52. The number of rotatable bonds is 6. The van der Waals surface area contributed by atoms with Crippen LogP contribution < -0.4 is 5.32 Å². The molecular formula is C17H25N3O. The average molecular weight is 287 g/mol. The smallest absolute Gasteiger partial charge is 0.234 e. The van der Waals surface area contributed by atoms with Crippen molar-refractivity contribution in [2.45, 2.75) is 45.2 Å². The van der Waals surface area contributed by atoms with E-state index < -0.39 is 0 Å². The van der Waals surface area contributed by atoms with Crippen molar-refractivity contribution < 1.29 is 4.79 Å². The van der Waals surface area contributed by atoms with Crippen molar-refractivity contribution in [1.82, 2.24) is 15.2 Å². The van der Waals surface area contributed by atoms with Gasteiger partial charge in [0, 0.05) is 25.0 Å². The third-order valence-electron chi connectivity index (χ3n) is 3.88. The summed E-state index contributed by atoms with van der Waals surface area (Å²) in [6, 6.07) is 4.11. The molecule has 2 rings (SSSR count). The minimum Gasteiger partial charge on any atom is -0.349 e. The fraction of sp³-hybridized carbons (Fsp3) is 0.529. The second-order valence-electron chi connectivity index (χ2n) is 5.84. The summed E-state index contributed by atoms with van der Waals surface area (Å²) >= 11 is 0. The van der Waals surface area contributed by atoms with Crippen LogP contribution in [-0.2, 0) is 11.3 Å². The van der Waals surface area contributed by atoms with Crippen LogP contribution in [-0.4, -0.2) is 35.4 Å². The lowest BCUT2D eigenvalue weighted by molar-refractivity contribution is -0.122.